The molecule has 2 rings (SSSR count). The average molecular weight is 287 g/mol. The molecule has 0 saturated carbocycles. The molecule has 0 radical (unpaired) electrons. The second-order valence-corrected chi connectivity index (χ2v) is 4.91. The lowest BCUT2D eigenvalue weighted by atomic mass is 10.1. The van der Waals surface area contributed by atoms with E-state index < -0.39 is 0 Å². The molecule has 2 aromatic rings. The van der Waals surface area contributed by atoms with Gasteiger partial charge in [-0.3, -0.25) is 0 Å². The van der Waals surface area contributed by atoms with Gasteiger partial charge in [-0.2, -0.15) is 5.26 Å². The van der Waals surface area contributed by atoms with Gasteiger partial charge in [0.1, 0.15) is 5.75 Å². The maximum absolute atomic E-state index is 8.81. The van der Waals surface area contributed by atoms with Gasteiger partial charge < -0.3 is 9.64 Å². The third kappa shape index (κ3) is 3.23. The molecule has 0 unspecified atom stereocenters. The minimum absolute atomic E-state index is 0.655. The second-order valence-electron chi connectivity index (χ2n) is 4.47. The molecule has 3 nitrogen and oxygen atoms in total. The molecule has 0 bridgehead atoms. The molecule has 20 heavy (non-hydrogen) atoms. The summed E-state index contributed by atoms with van der Waals surface area (Å²) >= 11 is 6.03. The quantitative estimate of drug-likeness (QED) is 0.856. The molecular weight excluding hydrogens is 272 g/mol. The van der Waals surface area contributed by atoms with Crippen LogP contribution in [0.25, 0.3) is 0 Å². The van der Waals surface area contributed by atoms with Crippen molar-refractivity contribution in [3.8, 4) is 11.8 Å². The summed E-state index contributed by atoms with van der Waals surface area (Å²) < 4.78 is 5.35. The Morgan fingerprint density at radius 1 is 1.20 bits per heavy atom. The summed E-state index contributed by atoms with van der Waals surface area (Å²) in [7, 11) is 3.64. The van der Waals surface area contributed by atoms with E-state index in [1.165, 1.54) is 0 Å². The lowest BCUT2D eigenvalue weighted by molar-refractivity contribution is 0.409. The van der Waals surface area contributed by atoms with Crippen molar-refractivity contribution in [1.29, 1.82) is 5.26 Å². The van der Waals surface area contributed by atoms with Crippen LogP contribution >= 0.6 is 11.6 Å². The smallest absolute Gasteiger partial charge is 0.123 e. The Morgan fingerprint density at radius 2 is 1.90 bits per heavy atom. The van der Waals surface area contributed by atoms with Gasteiger partial charge >= 0.3 is 0 Å². The van der Waals surface area contributed by atoms with Crippen LogP contribution in [0.1, 0.15) is 11.1 Å². The van der Waals surface area contributed by atoms with Gasteiger partial charge in [-0.25, -0.2) is 0 Å². The summed E-state index contributed by atoms with van der Waals surface area (Å²) in [6, 6.07) is 15.2. The summed E-state index contributed by atoms with van der Waals surface area (Å²) in [6.45, 7) is 0.676. The summed E-state index contributed by atoms with van der Waals surface area (Å²) in [6.07, 6.45) is 0. The van der Waals surface area contributed by atoms with Crippen molar-refractivity contribution < 1.29 is 4.74 Å². The number of benzene rings is 2. The van der Waals surface area contributed by atoms with Gasteiger partial charge in [0.2, 0.25) is 0 Å². The van der Waals surface area contributed by atoms with Gasteiger partial charge in [-0.1, -0.05) is 11.6 Å². The fourth-order valence-corrected chi connectivity index (χ4v) is 2.20. The molecule has 0 spiro atoms. The molecule has 0 N–H and O–H groups in total. The van der Waals surface area contributed by atoms with E-state index in [0.29, 0.717) is 17.1 Å². The average Bonchev–Trinajstić information content (AvgIpc) is 2.47. The minimum Gasteiger partial charge on any atom is -0.496 e. The molecule has 0 heterocycles. The molecule has 0 aliphatic carbocycles. The lowest BCUT2D eigenvalue weighted by Gasteiger charge is -2.21. The van der Waals surface area contributed by atoms with Crippen molar-refractivity contribution >= 4 is 17.3 Å². The number of nitriles is 1. The SMILES string of the molecule is COc1ccc(Cl)cc1CN(C)c1ccc(C#N)cc1. The largest absolute Gasteiger partial charge is 0.496 e. The van der Waals surface area contributed by atoms with Gasteiger partial charge in [0, 0.05) is 29.9 Å². The molecule has 0 saturated heterocycles. The van der Waals surface area contributed by atoms with E-state index >= 15 is 0 Å². The number of anilines is 1. The van der Waals surface area contributed by atoms with Gasteiger partial charge in [0.05, 0.1) is 18.7 Å². The van der Waals surface area contributed by atoms with Crippen LogP contribution in [0.15, 0.2) is 42.5 Å². The van der Waals surface area contributed by atoms with Gasteiger partial charge in [0.25, 0.3) is 0 Å². The standard InChI is InChI=1S/C16H15ClN2O/c1-19(15-6-3-12(10-18)4-7-15)11-13-9-14(17)5-8-16(13)20-2/h3-9H,11H2,1-2H3. The van der Waals surface area contributed by atoms with Gasteiger partial charge in [0.15, 0.2) is 0 Å². The first-order chi connectivity index (χ1) is 9.63. The Bertz CT molecular complexity index is 632. The van der Waals surface area contributed by atoms with Crippen LogP contribution in [0.5, 0.6) is 5.75 Å². The molecule has 0 aliphatic heterocycles. The fourth-order valence-electron chi connectivity index (χ4n) is 2.01. The number of halogens is 1. The van der Waals surface area contributed by atoms with Crippen molar-refractivity contribution in [1.82, 2.24) is 0 Å². The van der Waals surface area contributed by atoms with Gasteiger partial charge in [-0.05, 0) is 42.5 Å². The molecule has 102 valence electrons. The van der Waals surface area contributed by atoms with Crippen molar-refractivity contribution in [2.45, 2.75) is 6.54 Å². The first-order valence-corrected chi connectivity index (χ1v) is 6.55. The number of ether oxygens (including phenoxy) is 1. The highest BCUT2D eigenvalue weighted by atomic mass is 35.5. The molecule has 0 amide bonds. The van der Waals surface area contributed by atoms with Crippen LogP contribution in [-0.2, 0) is 6.54 Å². The van der Waals surface area contributed by atoms with E-state index in [0.717, 1.165) is 17.0 Å². The maximum Gasteiger partial charge on any atom is 0.123 e. The zero-order valence-electron chi connectivity index (χ0n) is 11.4. The van der Waals surface area contributed by atoms with Crippen molar-refractivity contribution in [3.05, 3.63) is 58.6 Å². The minimum atomic E-state index is 0.655. The number of hydrogen-bond acceptors (Lipinski definition) is 3. The Labute approximate surface area is 124 Å². The Balaban J connectivity index is 2.20. The zero-order chi connectivity index (χ0) is 14.5. The van der Waals surface area contributed by atoms with E-state index in [2.05, 4.69) is 11.0 Å². The van der Waals surface area contributed by atoms with Crippen molar-refractivity contribution in [2.24, 2.45) is 0 Å². The first kappa shape index (κ1) is 14.2. The van der Waals surface area contributed by atoms with Crippen LogP contribution < -0.4 is 9.64 Å². The molecule has 4 heteroatoms. The Kier molecular flexibility index (Phi) is 4.49. The van der Waals surface area contributed by atoms with Crippen molar-refractivity contribution in [3.63, 3.8) is 0 Å². The molecule has 0 atom stereocenters. The highest BCUT2D eigenvalue weighted by Crippen LogP contribution is 2.25. The third-order valence-corrected chi connectivity index (χ3v) is 3.32. The van der Waals surface area contributed by atoms with Crippen LogP contribution in [0, 0.1) is 11.3 Å². The topological polar surface area (TPSA) is 36.3 Å². The fraction of sp³-hybridized carbons (Fsp3) is 0.188. The molecule has 2 aromatic carbocycles. The van der Waals surface area contributed by atoms with Crippen molar-refractivity contribution in [2.75, 3.05) is 19.1 Å². The van der Waals surface area contributed by atoms with Gasteiger partial charge in [-0.15, -0.1) is 0 Å². The summed E-state index contributed by atoms with van der Waals surface area (Å²) in [5.41, 5.74) is 2.71. The second kappa shape index (κ2) is 6.31. The zero-order valence-corrected chi connectivity index (χ0v) is 12.2. The third-order valence-electron chi connectivity index (χ3n) is 3.09. The summed E-state index contributed by atoms with van der Waals surface area (Å²) in [5, 5.41) is 9.50. The van der Waals surface area contributed by atoms with Crippen LogP contribution in [0.2, 0.25) is 5.02 Å². The highest BCUT2D eigenvalue weighted by molar-refractivity contribution is 6.30. The Morgan fingerprint density at radius 3 is 2.50 bits per heavy atom. The number of rotatable bonds is 4. The van der Waals surface area contributed by atoms with E-state index in [1.54, 1.807) is 19.2 Å². The van der Waals surface area contributed by atoms with E-state index in [1.807, 2.05) is 37.4 Å². The summed E-state index contributed by atoms with van der Waals surface area (Å²) in [4.78, 5) is 2.08. The number of hydrogen-bond donors (Lipinski definition) is 0. The normalized spacial score (nSPS) is 9.90. The molecular formula is C16H15ClN2O. The number of nitrogens with zero attached hydrogens (tertiary/aromatic N) is 2. The van der Waals surface area contributed by atoms with Crippen LogP contribution in [-0.4, -0.2) is 14.2 Å². The Hall–Kier alpha value is -2.18. The van der Waals surface area contributed by atoms with E-state index in [4.69, 9.17) is 21.6 Å². The summed E-state index contributed by atoms with van der Waals surface area (Å²) in [5.74, 6) is 0.815. The first-order valence-electron chi connectivity index (χ1n) is 6.17. The van der Waals surface area contributed by atoms with Crippen LogP contribution in [0.4, 0.5) is 5.69 Å². The predicted molar refractivity (Wildman–Crippen MR) is 81.3 cm³/mol. The molecule has 0 fully saturated rings. The predicted octanol–water partition coefficient (Wildman–Crippen LogP) is 3.86. The highest BCUT2D eigenvalue weighted by Gasteiger charge is 2.08. The maximum atomic E-state index is 8.81. The molecule has 0 aromatic heterocycles. The monoisotopic (exact) mass is 286 g/mol. The molecule has 0 aliphatic rings. The van der Waals surface area contributed by atoms with E-state index in [-0.39, 0.29) is 0 Å². The lowest BCUT2D eigenvalue weighted by Crippen LogP contribution is -2.16. The number of methoxy groups -OCH3 is 1. The van der Waals surface area contributed by atoms with E-state index in [9.17, 15) is 0 Å². The van der Waals surface area contributed by atoms with Crippen LogP contribution in [0.3, 0.4) is 0 Å².